The topological polar surface area (TPSA) is 166 Å². The Balaban J connectivity index is 1.23. The number of anilines is 2. The van der Waals surface area contributed by atoms with Crippen LogP contribution in [-0.4, -0.2) is 69.8 Å². The van der Waals surface area contributed by atoms with Crippen molar-refractivity contribution in [3.8, 4) is 16.9 Å². The average molecular weight is 1050 g/mol. The predicted octanol–water partition coefficient (Wildman–Crippen LogP) is 13.1. The minimum atomic E-state index is -0.720. The number of pyridine rings is 4. The first-order chi connectivity index (χ1) is 37.8. The van der Waals surface area contributed by atoms with Crippen molar-refractivity contribution in [3.05, 3.63) is 197 Å². The fourth-order valence-corrected chi connectivity index (χ4v) is 9.17. The summed E-state index contributed by atoms with van der Waals surface area (Å²) in [5.41, 5.74) is 7.89. The van der Waals surface area contributed by atoms with Gasteiger partial charge in [-0.3, -0.25) is 29.4 Å². The second-order valence-corrected chi connectivity index (χ2v) is 20.9. The van der Waals surface area contributed by atoms with Crippen molar-refractivity contribution < 1.29 is 24.2 Å². The van der Waals surface area contributed by atoms with Crippen LogP contribution >= 0.6 is 0 Å². The van der Waals surface area contributed by atoms with Crippen LogP contribution in [0, 0.1) is 0 Å². The van der Waals surface area contributed by atoms with Crippen molar-refractivity contribution >= 4 is 29.5 Å². The van der Waals surface area contributed by atoms with E-state index in [0.29, 0.717) is 94.4 Å². The first-order valence-corrected chi connectivity index (χ1v) is 27.5. The van der Waals surface area contributed by atoms with Crippen molar-refractivity contribution in [2.75, 3.05) is 17.2 Å². The SMILES string of the molecule is CCCCCC(=O)Nc1cccc(CN(Cc2ccccn2)Cc2cc(CCN(Cc3ccc(-c4ccccc4)cc3)C(=O)OC(C)(C)C)cc(CN(Cc3ccccn3)Cc3cccc(NC(=O)CCCCC)n3)c2O)n1. The molecule has 7 rings (SSSR count). The van der Waals surface area contributed by atoms with Gasteiger partial charge in [-0.2, -0.15) is 0 Å². The molecule has 0 aliphatic rings. The number of aromatic nitrogens is 4. The van der Waals surface area contributed by atoms with Crippen LogP contribution in [0.4, 0.5) is 16.4 Å². The van der Waals surface area contributed by atoms with Crippen molar-refractivity contribution in [1.29, 1.82) is 0 Å². The van der Waals surface area contributed by atoms with Gasteiger partial charge in [0, 0.05) is 88.7 Å². The van der Waals surface area contributed by atoms with E-state index in [1.165, 1.54) is 0 Å². The molecule has 14 nitrogen and oxygen atoms in total. The van der Waals surface area contributed by atoms with Crippen LogP contribution < -0.4 is 10.6 Å². The Bertz CT molecular complexity index is 2830. The summed E-state index contributed by atoms with van der Waals surface area (Å²) in [6.45, 7) is 12.8. The van der Waals surface area contributed by atoms with Crippen LogP contribution in [0.1, 0.15) is 131 Å². The summed E-state index contributed by atoms with van der Waals surface area (Å²) >= 11 is 0. The molecule has 0 saturated heterocycles. The molecule has 7 aromatic rings. The van der Waals surface area contributed by atoms with Gasteiger partial charge >= 0.3 is 6.09 Å². The first-order valence-electron chi connectivity index (χ1n) is 27.5. The summed E-state index contributed by atoms with van der Waals surface area (Å²) in [5.74, 6) is 0.986. The molecule has 0 saturated carbocycles. The molecule has 0 aliphatic heterocycles. The molecule has 0 radical (unpaired) electrons. The van der Waals surface area contributed by atoms with Gasteiger partial charge in [-0.1, -0.05) is 131 Å². The van der Waals surface area contributed by atoms with E-state index in [-0.39, 0.29) is 17.6 Å². The number of amides is 3. The van der Waals surface area contributed by atoms with Crippen molar-refractivity contribution in [1.82, 2.24) is 34.6 Å². The van der Waals surface area contributed by atoms with E-state index in [1.54, 1.807) is 29.4 Å². The van der Waals surface area contributed by atoms with Crippen LogP contribution in [-0.2, 0) is 66.6 Å². The van der Waals surface area contributed by atoms with Crippen molar-refractivity contribution in [2.24, 2.45) is 0 Å². The summed E-state index contributed by atoms with van der Waals surface area (Å²) in [5, 5.41) is 18.6. The lowest BCUT2D eigenvalue weighted by atomic mass is 10.00. The molecule has 78 heavy (non-hydrogen) atoms. The fraction of sp³-hybridized carbons (Fsp3) is 0.359. The molecule has 408 valence electrons. The molecular weight excluding hydrogens is 975 g/mol. The number of phenols is 1. The fourth-order valence-electron chi connectivity index (χ4n) is 9.17. The van der Waals surface area contributed by atoms with Crippen LogP contribution in [0.15, 0.2) is 152 Å². The molecule has 3 aromatic carbocycles. The van der Waals surface area contributed by atoms with Gasteiger partial charge in [-0.15, -0.1) is 0 Å². The zero-order valence-corrected chi connectivity index (χ0v) is 46.2. The van der Waals surface area contributed by atoms with Gasteiger partial charge in [-0.25, -0.2) is 14.8 Å². The van der Waals surface area contributed by atoms with Crippen LogP contribution in [0.3, 0.4) is 0 Å². The molecule has 0 fully saturated rings. The summed E-state index contributed by atoms with van der Waals surface area (Å²) in [7, 11) is 0. The maximum Gasteiger partial charge on any atom is 0.410 e. The van der Waals surface area contributed by atoms with E-state index in [0.717, 1.165) is 83.6 Å². The molecule has 0 aliphatic carbocycles. The Kier molecular flexibility index (Phi) is 22.0. The Morgan fingerprint density at radius 3 is 1.47 bits per heavy atom. The van der Waals surface area contributed by atoms with Crippen LogP contribution in [0.25, 0.3) is 11.1 Å². The summed E-state index contributed by atoms with van der Waals surface area (Å²) in [6.07, 6.45) is 10.1. The van der Waals surface area contributed by atoms with Gasteiger partial charge < -0.3 is 25.4 Å². The molecule has 0 atom stereocenters. The number of carbonyl (C=O) groups is 3. The highest BCUT2D eigenvalue weighted by Gasteiger charge is 2.24. The van der Waals surface area contributed by atoms with Crippen LogP contribution in [0.2, 0.25) is 0 Å². The second kappa shape index (κ2) is 29.6. The Labute approximate surface area is 461 Å². The number of phenolic OH excluding ortho intramolecular Hbond substituents is 1. The lowest BCUT2D eigenvalue weighted by molar-refractivity contribution is -0.117. The van der Waals surface area contributed by atoms with Gasteiger partial charge in [0.15, 0.2) is 0 Å². The van der Waals surface area contributed by atoms with E-state index in [1.807, 2.05) is 112 Å². The maximum atomic E-state index is 14.1. The van der Waals surface area contributed by atoms with Gasteiger partial charge in [0.1, 0.15) is 23.0 Å². The molecule has 0 bridgehead atoms. The largest absolute Gasteiger partial charge is 0.507 e. The van der Waals surface area contributed by atoms with Gasteiger partial charge in [0.05, 0.1) is 22.8 Å². The monoisotopic (exact) mass is 1050 g/mol. The Morgan fingerprint density at radius 2 is 1.00 bits per heavy atom. The highest BCUT2D eigenvalue weighted by atomic mass is 16.6. The zero-order chi connectivity index (χ0) is 55.1. The van der Waals surface area contributed by atoms with E-state index < -0.39 is 11.7 Å². The van der Waals surface area contributed by atoms with Crippen molar-refractivity contribution in [3.63, 3.8) is 0 Å². The molecular formula is C64H77N9O5. The van der Waals surface area contributed by atoms with E-state index in [4.69, 9.17) is 14.7 Å². The number of benzene rings is 3. The van der Waals surface area contributed by atoms with Gasteiger partial charge in [-0.05, 0) is 111 Å². The molecule has 4 heterocycles. The smallest absolute Gasteiger partial charge is 0.410 e. The third kappa shape index (κ3) is 19.3. The number of unbranched alkanes of at least 4 members (excludes halogenated alkanes) is 4. The lowest BCUT2D eigenvalue weighted by Crippen LogP contribution is -2.37. The van der Waals surface area contributed by atoms with Gasteiger partial charge in [0.2, 0.25) is 11.8 Å². The predicted molar refractivity (Wildman–Crippen MR) is 309 cm³/mol. The number of carbonyl (C=O) groups excluding carboxylic acids is 3. The number of nitrogens with zero attached hydrogens (tertiary/aromatic N) is 7. The molecule has 3 N–H and O–H groups in total. The molecule has 0 spiro atoms. The summed E-state index contributed by atoms with van der Waals surface area (Å²) < 4.78 is 6.02. The number of aromatic hydroxyl groups is 1. The first kappa shape index (κ1) is 57.9. The van der Waals surface area contributed by atoms with Crippen LogP contribution in [0.5, 0.6) is 5.75 Å². The molecule has 3 amide bonds. The number of ether oxygens (including phenoxy) is 1. The molecule has 0 unspecified atom stereocenters. The number of hydrogen-bond acceptors (Lipinski definition) is 11. The molecule has 14 heteroatoms. The second-order valence-electron chi connectivity index (χ2n) is 20.9. The minimum Gasteiger partial charge on any atom is -0.507 e. The lowest BCUT2D eigenvalue weighted by Gasteiger charge is -2.28. The van der Waals surface area contributed by atoms with Gasteiger partial charge in [0.25, 0.3) is 0 Å². The minimum absolute atomic E-state index is 0.0657. The number of nitrogens with one attached hydrogen (secondary N) is 2. The number of hydrogen-bond donors (Lipinski definition) is 3. The van der Waals surface area contributed by atoms with E-state index in [9.17, 15) is 19.5 Å². The standard InChI is InChI=1S/C64H77N9O5/c1-6-8-11-29-60(74)69-58-27-19-25-56(67-58)46-71(44-54-23-15-17-36-65-54)42-52-39-49(35-38-73(63(77)78-64(3,4)5)41-48-31-33-51(34-32-48)50-21-13-10-14-22-50)40-53(62(52)76)43-72(45-55-24-16-18-37-66-55)47-57-26-20-28-59(68-57)70-61(75)30-12-9-7-2/h10,13-28,31-34,36-37,39-40,76H,6-9,11-12,29-30,35,38,41-47H2,1-5H3,(H,67,69,74)(H,68,70,75). The zero-order valence-electron chi connectivity index (χ0n) is 46.2. The highest BCUT2D eigenvalue weighted by molar-refractivity contribution is 5.90. The Hall–Kier alpha value is -7.81. The van der Waals surface area contributed by atoms with E-state index >= 15 is 0 Å². The summed E-state index contributed by atoms with van der Waals surface area (Å²) in [6, 6.07) is 45.5. The van der Waals surface area contributed by atoms with Crippen molar-refractivity contribution in [2.45, 2.75) is 144 Å². The molecule has 4 aromatic heterocycles. The average Bonchev–Trinajstić information content (AvgIpc) is 3.42. The number of rotatable bonds is 28. The third-order valence-corrected chi connectivity index (χ3v) is 13.0. The summed E-state index contributed by atoms with van der Waals surface area (Å²) in [4.78, 5) is 65.1. The third-order valence-electron chi connectivity index (χ3n) is 13.0. The Morgan fingerprint density at radius 1 is 0.526 bits per heavy atom. The maximum absolute atomic E-state index is 14.1. The highest BCUT2D eigenvalue weighted by Crippen LogP contribution is 2.31. The normalized spacial score (nSPS) is 11.4. The van der Waals surface area contributed by atoms with E-state index in [2.05, 4.69) is 80.6 Å². The quantitative estimate of drug-likeness (QED) is 0.0400.